The lowest BCUT2D eigenvalue weighted by atomic mass is 9.83. The number of hydrogen-bond acceptors (Lipinski definition) is 2. The molecule has 108 valence electrons. The Kier molecular flexibility index (Phi) is 3.22. The number of hydrogen-bond donors (Lipinski definition) is 0. The Hall–Kier alpha value is -1.52. The van der Waals surface area contributed by atoms with Crippen LogP contribution in [-0.4, -0.2) is 17.9 Å². The van der Waals surface area contributed by atoms with Crippen LogP contribution >= 0.6 is 0 Å². The van der Waals surface area contributed by atoms with Gasteiger partial charge in [0.1, 0.15) is 5.78 Å². The van der Waals surface area contributed by atoms with Crippen molar-refractivity contribution in [2.24, 2.45) is 0 Å². The van der Waals surface area contributed by atoms with Crippen molar-refractivity contribution < 1.29 is 18.0 Å². The zero-order valence-electron chi connectivity index (χ0n) is 11.0. The van der Waals surface area contributed by atoms with Crippen molar-refractivity contribution in [2.75, 3.05) is 4.90 Å². The maximum absolute atomic E-state index is 13.2. The molecule has 0 aromatic heterocycles. The van der Waals surface area contributed by atoms with Gasteiger partial charge in [-0.05, 0) is 31.4 Å². The number of carbonyl (C=O) groups is 1. The predicted molar refractivity (Wildman–Crippen MR) is 69.6 cm³/mol. The average molecular weight is 283 g/mol. The van der Waals surface area contributed by atoms with Gasteiger partial charge in [-0.2, -0.15) is 13.2 Å². The fourth-order valence-electron chi connectivity index (χ4n) is 3.51. The zero-order chi connectivity index (χ0) is 14.3. The second-order valence-corrected chi connectivity index (χ2v) is 5.61. The lowest BCUT2D eigenvalue weighted by Crippen LogP contribution is -2.53. The number of benzene rings is 1. The van der Waals surface area contributed by atoms with Gasteiger partial charge in [0, 0.05) is 30.6 Å². The first-order chi connectivity index (χ1) is 9.47. The quantitative estimate of drug-likeness (QED) is 0.781. The summed E-state index contributed by atoms with van der Waals surface area (Å²) in [7, 11) is 0. The first-order valence-corrected chi connectivity index (χ1v) is 6.93. The van der Waals surface area contributed by atoms with E-state index in [4.69, 9.17) is 0 Å². The van der Waals surface area contributed by atoms with Gasteiger partial charge in [-0.3, -0.25) is 4.79 Å². The molecule has 2 nitrogen and oxygen atoms in total. The van der Waals surface area contributed by atoms with Gasteiger partial charge >= 0.3 is 6.18 Å². The number of nitrogens with zero attached hydrogens (tertiary/aromatic N) is 1. The number of piperidine rings is 2. The van der Waals surface area contributed by atoms with Crippen molar-refractivity contribution in [1.82, 2.24) is 0 Å². The molecule has 3 rings (SSSR count). The van der Waals surface area contributed by atoms with Crippen LogP contribution in [0.1, 0.15) is 37.7 Å². The van der Waals surface area contributed by atoms with Crippen molar-refractivity contribution in [3.05, 3.63) is 29.8 Å². The van der Waals surface area contributed by atoms with E-state index in [1.807, 2.05) is 4.90 Å². The molecule has 2 heterocycles. The summed E-state index contributed by atoms with van der Waals surface area (Å²) in [5.74, 6) is 0.181. The van der Waals surface area contributed by atoms with Gasteiger partial charge in [0.05, 0.1) is 5.56 Å². The third kappa shape index (κ3) is 2.30. The number of halogens is 3. The number of Topliss-reactive ketones (excluding diaryl/α,β-unsaturated/α-hetero) is 1. The Bertz CT molecular complexity index is 510. The largest absolute Gasteiger partial charge is 0.418 e. The molecule has 0 saturated carbocycles. The fourth-order valence-corrected chi connectivity index (χ4v) is 3.51. The van der Waals surface area contributed by atoms with E-state index in [-0.39, 0.29) is 23.6 Å². The van der Waals surface area contributed by atoms with E-state index in [1.54, 1.807) is 6.07 Å². The molecule has 0 amide bonds. The van der Waals surface area contributed by atoms with Gasteiger partial charge < -0.3 is 4.90 Å². The van der Waals surface area contributed by atoms with Crippen LogP contribution in [0.15, 0.2) is 24.3 Å². The fraction of sp³-hybridized carbons (Fsp3) is 0.533. The van der Waals surface area contributed by atoms with Crippen LogP contribution < -0.4 is 4.90 Å². The molecule has 2 aliphatic heterocycles. The summed E-state index contributed by atoms with van der Waals surface area (Å²) in [6, 6.07) is 5.57. The lowest BCUT2D eigenvalue weighted by molar-refractivity contribution is -0.137. The van der Waals surface area contributed by atoms with Crippen LogP contribution in [0.4, 0.5) is 18.9 Å². The third-order valence-corrected chi connectivity index (χ3v) is 4.28. The minimum atomic E-state index is -4.35. The van der Waals surface area contributed by atoms with Crippen molar-refractivity contribution >= 4 is 11.5 Å². The molecule has 1 aromatic carbocycles. The van der Waals surface area contributed by atoms with E-state index >= 15 is 0 Å². The highest BCUT2D eigenvalue weighted by Crippen LogP contribution is 2.42. The maximum atomic E-state index is 13.2. The van der Waals surface area contributed by atoms with Crippen LogP contribution in [0.3, 0.4) is 0 Å². The van der Waals surface area contributed by atoms with E-state index < -0.39 is 11.7 Å². The maximum Gasteiger partial charge on any atom is 0.418 e. The van der Waals surface area contributed by atoms with Crippen LogP contribution in [0.25, 0.3) is 0 Å². The van der Waals surface area contributed by atoms with Gasteiger partial charge in [0.25, 0.3) is 0 Å². The van der Waals surface area contributed by atoms with Crippen LogP contribution in [-0.2, 0) is 11.0 Å². The molecule has 2 fully saturated rings. The molecular formula is C15H16F3NO. The molecule has 2 atom stereocenters. The van der Waals surface area contributed by atoms with Crippen LogP contribution in [0, 0.1) is 0 Å². The Morgan fingerprint density at radius 3 is 2.25 bits per heavy atom. The minimum absolute atomic E-state index is 0.0708. The lowest BCUT2D eigenvalue weighted by Gasteiger charge is -2.47. The molecule has 0 N–H and O–H groups in total. The normalized spacial score (nSPS) is 26.8. The second-order valence-electron chi connectivity index (χ2n) is 5.61. The highest BCUT2D eigenvalue weighted by molar-refractivity contribution is 5.83. The van der Waals surface area contributed by atoms with Crippen molar-refractivity contribution in [2.45, 2.75) is 50.4 Å². The Morgan fingerprint density at radius 1 is 1.05 bits per heavy atom. The molecule has 1 aromatic rings. The molecule has 0 radical (unpaired) electrons. The predicted octanol–water partition coefficient (Wildman–Crippen LogP) is 3.80. The Labute approximate surface area is 115 Å². The number of para-hydroxylation sites is 1. The number of alkyl halides is 3. The van der Waals surface area contributed by atoms with E-state index in [9.17, 15) is 18.0 Å². The smallest absolute Gasteiger partial charge is 0.364 e. The number of rotatable bonds is 1. The number of carbonyl (C=O) groups excluding carboxylic acids is 1. The SMILES string of the molecule is O=C1CC2CCCC(C1)N2c1ccccc1C(F)(F)F. The van der Waals surface area contributed by atoms with E-state index in [2.05, 4.69) is 0 Å². The Balaban J connectivity index is 2.03. The summed E-state index contributed by atoms with van der Waals surface area (Å²) in [6.45, 7) is 0. The Morgan fingerprint density at radius 2 is 1.65 bits per heavy atom. The molecular weight excluding hydrogens is 267 g/mol. The van der Waals surface area contributed by atoms with Gasteiger partial charge in [0.15, 0.2) is 0 Å². The average Bonchev–Trinajstić information content (AvgIpc) is 2.36. The van der Waals surface area contributed by atoms with E-state index in [0.717, 1.165) is 25.3 Å². The summed E-state index contributed by atoms with van der Waals surface area (Å²) in [5.41, 5.74) is -0.353. The standard InChI is InChI=1S/C15H16F3NO/c16-15(17,18)13-6-1-2-7-14(13)19-10-4-3-5-11(19)9-12(20)8-10/h1-2,6-7,10-11H,3-5,8-9H2. The van der Waals surface area contributed by atoms with Gasteiger partial charge in [0.2, 0.25) is 0 Å². The first kappa shape index (κ1) is 13.5. The third-order valence-electron chi connectivity index (χ3n) is 4.28. The second kappa shape index (κ2) is 4.79. The van der Waals surface area contributed by atoms with E-state index in [0.29, 0.717) is 12.8 Å². The summed E-state index contributed by atoms with van der Waals surface area (Å²) >= 11 is 0. The monoisotopic (exact) mass is 283 g/mol. The molecule has 20 heavy (non-hydrogen) atoms. The topological polar surface area (TPSA) is 20.3 Å². The highest BCUT2D eigenvalue weighted by Gasteiger charge is 2.42. The summed E-state index contributed by atoms with van der Waals surface area (Å²) in [4.78, 5) is 13.5. The molecule has 0 aliphatic carbocycles. The van der Waals surface area contributed by atoms with Gasteiger partial charge in [-0.15, -0.1) is 0 Å². The number of ketones is 1. The van der Waals surface area contributed by atoms with Crippen molar-refractivity contribution in [3.63, 3.8) is 0 Å². The number of fused-ring (bicyclic) bond motifs is 2. The molecule has 2 aliphatic rings. The summed E-state index contributed by atoms with van der Waals surface area (Å²) in [6.07, 6.45) is -1.01. The molecule has 0 spiro atoms. The molecule has 2 unspecified atom stereocenters. The summed E-state index contributed by atoms with van der Waals surface area (Å²) in [5, 5.41) is 0. The van der Waals surface area contributed by atoms with Crippen molar-refractivity contribution in [1.29, 1.82) is 0 Å². The van der Waals surface area contributed by atoms with Crippen molar-refractivity contribution in [3.8, 4) is 0 Å². The molecule has 2 saturated heterocycles. The molecule has 5 heteroatoms. The van der Waals surface area contributed by atoms with E-state index in [1.165, 1.54) is 12.1 Å². The summed E-state index contributed by atoms with van der Waals surface area (Å²) < 4.78 is 39.5. The van der Waals surface area contributed by atoms with Gasteiger partial charge in [-0.25, -0.2) is 0 Å². The van der Waals surface area contributed by atoms with Crippen LogP contribution in [0.5, 0.6) is 0 Å². The van der Waals surface area contributed by atoms with Crippen LogP contribution in [0.2, 0.25) is 0 Å². The zero-order valence-corrected chi connectivity index (χ0v) is 11.0. The minimum Gasteiger partial charge on any atom is -0.364 e. The molecule has 2 bridgehead atoms. The highest BCUT2D eigenvalue weighted by atomic mass is 19.4. The van der Waals surface area contributed by atoms with Gasteiger partial charge in [-0.1, -0.05) is 12.1 Å². The first-order valence-electron chi connectivity index (χ1n) is 6.93. The number of anilines is 1.